The molecule has 0 saturated carbocycles. The topological polar surface area (TPSA) is 46.0 Å². The Morgan fingerprint density at radius 3 is 2.79 bits per heavy atom. The summed E-state index contributed by atoms with van der Waals surface area (Å²) < 4.78 is 42.6. The molecule has 0 aliphatic carbocycles. The molecule has 0 aliphatic heterocycles. The third-order valence-electron chi connectivity index (χ3n) is 3.91. The summed E-state index contributed by atoms with van der Waals surface area (Å²) in [6.07, 6.45) is 1.90. The number of hydrogen-bond acceptors (Lipinski definition) is 2. The van der Waals surface area contributed by atoms with Crippen molar-refractivity contribution in [2.45, 2.75) is 13.3 Å². The number of aryl methyl sites for hydroxylation is 1. The summed E-state index contributed by atoms with van der Waals surface area (Å²) >= 11 is 6.09. The number of nitrogens with zero attached hydrogens (tertiary/aromatic N) is 3. The highest BCUT2D eigenvalue weighted by Crippen LogP contribution is 2.41. The Hall–Kier alpha value is -2.54. The second kappa shape index (κ2) is 5.24. The number of hydrogen-bond donors (Lipinski definition) is 1. The molecule has 4 rings (SSSR count). The van der Waals surface area contributed by atoms with Crippen LogP contribution in [0, 0.1) is 12.7 Å². The highest BCUT2D eigenvalue weighted by Gasteiger charge is 2.26. The van der Waals surface area contributed by atoms with Crippen molar-refractivity contribution in [1.29, 1.82) is 0 Å². The number of imidazole rings is 1. The van der Waals surface area contributed by atoms with Crippen LogP contribution in [0.2, 0.25) is 5.02 Å². The first kappa shape index (κ1) is 15.0. The zero-order valence-corrected chi connectivity index (χ0v) is 13.1. The number of nitrogens with one attached hydrogen (secondary N) is 1. The molecule has 0 unspecified atom stereocenters. The van der Waals surface area contributed by atoms with E-state index in [1.807, 2.05) is 13.1 Å². The number of alkyl halides is 2. The van der Waals surface area contributed by atoms with Crippen molar-refractivity contribution in [1.82, 2.24) is 19.6 Å². The van der Waals surface area contributed by atoms with Gasteiger partial charge in [-0.3, -0.25) is 5.10 Å². The van der Waals surface area contributed by atoms with Gasteiger partial charge in [0.05, 0.1) is 28.0 Å². The molecule has 4 aromatic rings. The van der Waals surface area contributed by atoms with Gasteiger partial charge < -0.3 is 4.40 Å². The maximum absolute atomic E-state index is 14.4. The van der Waals surface area contributed by atoms with Gasteiger partial charge in [-0.05, 0) is 19.1 Å². The zero-order valence-electron chi connectivity index (χ0n) is 12.3. The van der Waals surface area contributed by atoms with Crippen molar-refractivity contribution < 1.29 is 13.2 Å². The third-order valence-corrected chi connectivity index (χ3v) is 4.26. The summed E-state index contributed by atoms with van der Waals surface area (Å²) in [6.45, 7) is 1.85. The maximum Gasteiger partial charge on any atom is 0.268 e. The Balaban J connectivity index is 2.07. The minimum Gasteiger partial charge on any atom is -0.306 e. The molecular formula is C16H10ClF3N4. The number of aromatic amines is 1. The minimum absolute atomic E-state index is 0.0520. The van der Waals surface area contributed by atoms with Gasteiger partial charge in [0, 0.05) is 28.9 Å². The lowest BCUT2D eigenvalue weighted by Gasteiger charge is -2.12. The molecule has 3 heterocycles. The second-order valence-electron chi connectivity index (χ2n) is 5.44. The van der Waals surface area contributed by atoms with E-state index in [4.69, 9.17) is 11.6 Å². The van der Waals surface area contributed by atoms with E-state index in [9.17, 15) is 13.2 Å². The van der Waals surface area contributed by atoms with Gasteiger partial charge in [0.1, 0.15) is 5.65 Å². The van der Waals surface area contributed by atoms with E-state index in [2.05, 4.69) is 15.2 Å². The van der Waals surface area contributed by atoms with Crippen LogP contribution in [0.15, 0.2) is 30.7 Å². The lowest BCUT2D eigenvalue weighted by atomic mass is 10.00. The number of halogens is 4. The molecule has 0 bridgehead atoms. The largest absolute Gasteiger partial charge is 0.306 e. The van der Waals surface area contributed by atoms with Gasteiger partial charge in [-0.2, -0.15) is 5.10 Å². The average molecular weight is 351 g/mol. The zero-order chi connectivity index (χ0) is 17.0. The van der Waals surface area contributed by atoms with Gasteiger partial charge in [-0.25, -0.2) is 18.2 Å². The van der Waals surface area contributed by atoms with Gasteiger partial charge in [0.15, 0.2) is 5.82 Å². The maximum atomic E-state index is 14.4. The van der Waals surface area contributed by atoms with Crippen LogP contribution >= 0.6 is 11.6 Å². The molecule has 8 heteroatoms. The van der Waals surface area contributed by atoms with Crippen LogP contribution in [0.5, 0.6) is 0 Å². The lowest BCUT2D eigenvalue weighted by molar-refractivity contribution is 0.148. The molecule has 0 spiro atoms. The summed E-state index contributed by atoms with van der Waals surface area (Å²) in [6, 6.07) is 3.47. The van der Waals surface area contributed by atoms with E-state index in [1.54, 1.807) is 22.7 Å². The van der Waals surface area contributed by atoms with E-state index in [0.717, 1.165) is 11.3 Å². The standard InChI is InChI=1S/C16H10ClF3N4/c1-7-5-24-6-8(2-3-10(24)22-7)11-9-4-21-23-15(9)12(16(19)20)14(18)13(11)17/h2-6,16H,1H3,(H,21,23). The highest BCUT2D eigenvalue weighted by molar-refractivity contribution is 6.35. The molecule has 0 saturated heterocycles. The summed E-state index contributed by atoms with van der Waals surface area (Å²) in [7, 11) is 0. The minimum atomic E-state index is -3.00. The molecule has 3 aromatic heterocycles. The van der Waals surface area contributed by atoms with E-state index >= 15 is 0 Å². The number of fused-ring (bicyclic) bond motifs is 2. The Bertz CT molecular complexity index is 1080. The molecule has 0 aliphatic rings. The quantitative estimate of drug-likeness (QED) is 0.558. The second-order valence-corrected chi connectivity index (χ2v) is 5.82. The van der Waals surface area contributed by atoms with Gasteiger partial charge in [-0.1, -0.05) is 11.6 Å². The smallest absolute Gasteiger partial charge is 0.268 e. The molecular weight excluding hydrogens is 341 g/mol. The van der Waals surface area contributed by atoms with E-state index in [0.29, 0.717) is 16.5 Å². The molecule has 122 valence electrons. The fourth-order valence-electron chi connectivity index (χ4n) is 2.89. The number of H-pyrrole nitrogens is 1. The van der Waals surface area contributed by atoms with E-state index in [1.165, 1.54) is 6.20 Å². The number of benzene rings is 1. The number of pyridine rings is 1. The number of aromatic nitrogens is 4. The Morgan fingerprint density at radius 2 is 2.04 bits per heavy atom. The van der Waals surface area contributed by atoms with Gasteiger partial charge in [-0.15, -0.1) is 0 Å². The predicted octanol–water partition coefficient (Wildman–Crippen LogP) is 4.92. The Labute approximate surface area is 138 Å². The molecule has 24 heavy (non-hydrogen) atoms. The molecule has 1 aromatic carbocycles. The third kappa shape index (κ3) is 2.08. The van der Waals surface area contributed by atoms with Crippen LogP contribution in [0.25, 0.3) is 27.7 Å². The summed E-state index contributed by atoms with van der Waals surface area (Å²) in [5.74, 6) is -1.14. The first-order valence-corrected chi connectivity index (χ1v) is 7.43. The summed E-state index contributed by atoms with van der Waals surface area (Å²) in [4.78, 5) is 4.32. The Morgan fingerprint density at radius 1 is 1.25 bits per heavy atom. The van der Waals surface area contributed by atoms with Crippen molar-refractivity contribution in [2.75, 3.05) is 0 Å². The fourth-order valence-corrected chi connectivity index (χ4v) is 3.20. The van der Waals surface area contributed by atoms with Crippen molar-refractivity contribution in [2.24, 2.45) is 0 Å². The van der Waals surface area contributed by atoms with Crippen LogP contribution < -0.4 is 0 Å². The van der Waals surface area contributed by atoms with Crippen LogP contribution in [-0.4, -0.2) is 19.6 Å². The normalized spacial score (nSPS) is 11.9. The van der Waals surface area contributed by atoms with Crippen LogP contribution in [0.3, 0.4) is 0 Å². The van der Waals surface area contributed by atoms with Crippen LogP contribution in [0.4, 0.5) is 13.2 Å². The number of rotatable bonds is 2. The van der Waals surface area contributed by atoms with Crippen molar-refractivity contribution in [3.8, 4) is 11.1 Å². The first-order valence-electron chi connectivity index (χ1n) is 7.05. The summed E-state index contributed by atoms with van der Waals surface area (Å²) in [5.41, 5.74) is 1.62. The Kier molecular flexibility index (Phi) is 3.28. The van der Waals surface area contributed by atoms with Crippen LogP contribution in [-0.2, 0) is 0 Å². The van der Waals surface area contributed by atoms with Gasteiger partial charge in [0.2, 0.25) is 0 Å². The van der Waals surface area contributed by atoms with E-state index < -0.39 is 17.8 Å². The molecule has 0 radical (unpaired) electrons. The predicted molar refractivity (Wildman–Crippen MR) is 84.9 cm³/mol. The fraction of sp³-hybridized carbons (Fsp3) is 0.125. The van der Waals surface area contributed by atoms with Crippen molar-refractivity contribution in [3.05, 3.63) is 52.8 Å². The monoisotopic (exact) mass is 350 g/mol. The molecule has 0 atom stereocenters. The van der Waals surface area contributed by atoms with Crippen molar-refractivity contribution in [3.63, 3.8) is 0 Å². The molecule has 0 fully saturated rings. The SMILES string of the molecule is Cc1cn2cc(-c3c(Cl)c(F)c(C(F)F)c4[nH]ncc34)ccc2n1. The van der Waals surface area contributed by atoms with Crippen molar-refractivity contribution >= 4 is 28.2 Å². The van der Waals surface area contributed by atoms with Gasteiger partial charge >= 0.3 is 0 Å². The van der Waals surface area contributed by atoms with Crippen LogP contribution in [0.1, 0.15) is 17.7 Å². The average Bonchev–Trinajstić information content (AvgIpc) is 3.12. The first-order chi connectivity index (χ1) is 11.5. The molecule has 4 nitrogen and oxygen atoms in total. The lowest BCUT2D eigenvalue weighted by Crippen LogP contribution is -1.97. The molecule has 0 amide bonds. The molecule has 1 N–H and O–H groups in total. The highest BCUT2D eigenvalue weighted by atomic mass is 35.5. The van der Waals surface area contributed by atoms with Gasteiger partial charge in [0.25, 0.3) is 6.43 Å². The summed E-state index contributed by atoms with van der Waals surface area (Å²) in [5, 5.41) is 6.21. The van der Waals surface area contributed by atoms with E-state index in [-0.39, 0.29) is 10.5 Å².